The predicted molar refractivity (Wildman–Crippen MR) is 161 cm³/mol. The van der Waals surface area contributed by atoms with Gasteiger partial charge < -0.3 is 41.6 Å². The molecule has 1 atom stereocenters. The SMILES string of the molecule is CC1c2c([nH]c(N)c2/C=C(\N)c2ccccc2O)CCN1c1ncc(N2CCC(CN3CCNCC3)CC2)cn1. The fourth-order valence-corrected chi connectivity index (χ4v) is 6.50. The first-order chi connectivity index (χ1) is 19.5. The molecule has 0 bridgehead atoms. The number of phenols is 1. The highest BCUT2D eigenvalue weighted by atomic mass is 16.3. The molecule has 0 radical (unpaired) electrons. The molecule has 0 amide bonds. The first kappa shape index (κ1) is 26.5. The molecule has 3 aliphatic rings. The Morgan fingerprint density at radius 2 is 1.80 bits per heavy atom. The Bertz CT molecular complexity index is 1340. The Balaban J connectivity index is 1.14. The number of nitrogens with one attached hydrogen (secondary N) is 2. The number of nitrogen functional groups attached to an aromatic ring is 1. The minimum atomic E-state index is 0.00676. The van der Waals surface area contributed by atoms with E-state index in [0.717, 1.165) is 73.5 Å². The minimum Gasteiger partial charge on any atom is -0.507 e. The molecule has 7 N–H and O–H groups in total. The van der Waals surface area contributed by atoms with E-state index < -0.39 is 0 Å². The number of para-hydroxylation sites is 1. The number of anilines is 3. The summed E-state index contributed by atoms with van der Waals surface area (Å²) in [6.07, 6.45) is 9.04. The van der Waals surface area contributed by atoms with Gasteiger partial charge in [-0.05, 0) is 43.9 Å². The molecule has 1 unspecified atom stereocenters. The molecule has 2 saturated heterocycles. The van der Waals surface area contributed by atoms with E-state index in [9.17, 15) is 5.11 Å². The van der Waals surface area contributed by atoms with Gasteiger partial charge in [0, 0.05) is 86.9 Å². The van der Waals surface area contributed by atoms with Gasteiger partial charge in [-0.3, -0.25) is 0 Å². The smallest absolute Gasteiger partial charge is 0.225 e. The van der Waals surface area contributed by atoms with E-state index in [2.05, 4.69) is 31.9 Å². The third kappa shape index (κ3) is 5.33. The summed E-state index contributed by atoms with van der Waals surface area (Å²) in [7, 11) is 0. The molecule has 5 heterocycles. The van der Waals surface area contributed by atoms with Gasteiger partial charge in [0.15, 0.2) is 0 Å². The van der Waals surface area contributed by atoms with Crippen LogP contribution in [0.2, 0.25) is 0 Å². The van der Waals surface area contributed by atoms with Gasteiger partial charge in [0.1, 0.15) is 11.6 Å². The number of hydrogen-bond donors (Lipinski definition) is 5. The zero-order valence-corrected chi connectivity index (χ0v) is 23.3. The number of aromatic hydroxyl groups is 1. The van der Waals surface area contributed by atoms with Crippen LogP contribution in [-0.4, -0.2) is 77.3 Å². The largest absolute Gasteiger partial charge is 0.507 e. The maximum Gasteiger partial charge on any atom is 0.225 e. The molecular formula is C30H41N9O. The zero-order valence-electron chi connectivity index (χ0n) is 23.3. The normalized spacial score (nSPS) is 21.0. The Labute approximate surface area is 236 Å². The van der Waals surface area contributed by atoms with Crippen molar-refractivity contribution >= 4 is 29.2 Å². The molecule has 1 aromatic carbocycles. The van der Waals surface area contributed by atoms with Crippen LogP contribution in [0.15, 0.2) is 36.7 Å². The molecule has 2 aromatic heterocycles. The molecule has 40 heavy (non-hydrogen) atoms. The van der Waals surface area contributed by atoms with Crippen LogP contribution in [0.3, 0.4) is 0 Å². The van der Waals surface area contributed by atoms with E-state index in [1.165, 1.54) is 32.5 Å². The summed E-state index contributed by atoms with van der Waals surface area (Å²) in [5.74, 6) is 2.22. The first-order valence-corrected chi connectivity index (χ1v) is 14.5. The Morgan fingerprint density at radius 3 is 2.52 bits per heavy atom. The average molecular weight is 544 g/mol. The van der Waals surface area contributed by atoms with Crippen LogP contribution in [0.5, 0.6) is 5.75 Å². The second kappa shape index (κ2) is 11.4. The number of hydrogen-bond acceptors (Lipinski definition) is 9. The summed E-state index contributed by atoms with van der Waals surface area (Å²) in [6, 6.07) is 7.07. The number of benzene rings is 1. The van der Waals surface area contributed by atoms with Crippen LogP contribution in [0.1, 0.15) is 48.2 Å². The lowest BCUT2D eigenvalue weighted by molar-refractivity contribution is 0.190. The maximum atomic E-state index is 10.3. The van der Waals surface area contributed by atoms with Gasteiger partial charge in [0.2, 0.25) is 5.95 Å². The molecule has 3 aromatic rings. The molecular weight excluding hydrogens is 502 g/mol. The highest BCUT2D eigenvalue weighted by molar-refractivity contribution is 5.86. The van der Waals surface area contributed by atoms with Crippen LogP contribution in [-0.2, 0) is 6.42 Å². The van der Waals surface area contributed by atoms with Gasteiger partial charge in [0.25, 0.3) is 0 Å². The van der Waals surface area contributed by atoms with Gasteiger partial charge in [-0.2, -0.15) is 0 Å². The number of H-pyrrole nitrogens is 1. The highest BCUT2D eigenvalue weighted by Crippen LogP contribution is 2.38. The van der Waals surface area contributed by atoms with Crippen molar-refractivity contribution in [2.45, 2.75) is 32.2 Å². The molecule has 0 aliphatic carbocycles. The van der Waals surface area contributed by atoms with Crippen molar-refractivity contribution in [2.24, 2.45) is 11.7 Å². The summed E-state index contributed by atoms with van der Waals surface area (Å²) in [6.45, 7) is 10.8. The van der Waals surface area contributed by atoms with Crippen molar-refractivity contribution in [1.82, 2.24) is 25.2 Å². The number of phenolic OH excluding ortho intramolecular Hbond substituents is 1. The van der Waals surface area contributed by atoms with Crippen molar-refractivity contribution in [2.75, 3.05) is 67.9 Å². The van der Waals surface area contributed by atoms with Crippen LogP contribution in [0.25, 0.3) is 11.8 Å². The predicted octanol–water partition coefficient (Wildman–Crippen LogP) is 2.79. The van der Waals surface area contributed by atoms with Crippen molar-refractivity contribution in [3.05, 3.63) is 59.0 Å². The van der Waals surface area contributed by atoms with E-state index in [4.69, 9.17) is 21.4 Å². The van der Waals surface area contributed by atoms with Crippen molar-refractivity contribution in [3.8, 4) is 5.75 Å². The molecule has 10 heteroatoms. The molecule has 6 rings (SSSR count). The Morgan fingerprint density at radius 1 is 1.07 bits per heavy atom. The average Bonchev–Trinajstić information content (AvgIpc) is 3.30. The van der Waals surface area contributed by atoms with E-state index >= 15 is 0 Å². The lowest BCUT2D eigenvalue weighted by atomic mass is 9.95. The van der Waals surface area contributed by atoms with Gasteiger partial charge in [-0.1, -0.05) is 12.1 Å². The lowest BCUT2D eigenvalue weighted by Gasteiger charge is -2.37. The monoisotopic (exact) mass is 543 g/mol. The van der Waals surface area contributed by atoms with Crippen LogP contribution < -0.4 is 26.6 Å². The summed E-state index contributed by atoms with van der Waals surface area (Å²) in [5, 5.41) is 13.7. The number of aromatic amines is 1. The number of piperidine rings is 1. The van der Waals surface area contributed by atoms with E-state index in [-0.39, 0.29) is 11.8 Å². The van der Waals surface area contributed by atoms with Crippen LogP contribution in [0.4, 0.5) is 17.5 Å². The molecule has 0 spiro atoms. The Hall–Kier alpha value is -3.76. The quantitative estimate of drug-likeness (QED) is 0.318. The van der Waals surface area contributed by atoms with Gasteiger partial charge >= 0.3 is 0 Å². The molecule has 3 aliphatic heterocycles. The number of piperazine rings is 1. The molecule has 2 fully saturated rings. The van der Waals surface area contributed by atoms with Gasteiger partial charge in [0.05, 0.1) is 24.1 Å². The summed E-state index contributed by atoms with van der Waals surface area (Å²) in [4.78, 5) is 20.2. The molecule has 10 nitrogen and oxygen atoms in total. The Kier molecular flexibility index (Phi) is 7.53. The first-order valence-electron chi connectivity index (χ1n) is 14.5. The fraction of sp³-hybridized carbons (Fsp3) is 0.467. The summed E-state index contributed by atoms with van der Waals surface area (Å²) >= 11 is 0. The number of nitrogens with zero attached hydrogens (tertiary/aromatic N) is 5. The number of nitrogens with two attached hydrogens (primary N) is 2. The van der Waals surface area contributed by atoms with E-state index in [1.807, 2.05) is 24.5 Å². The van der Waals surface area contributed by atoms with Crippen molar-refractivity contribution in [3.63, 3.8) is 0 Å². The second-order valence-electron chi connectivity index (χ2n) is 11.3. The highest BCUT2D eigenvalue weighted by Gasteiger charge is 2.31. The van der Waals surface area contributed by atoms with Gasteiger partial charge in [-0.25, -0.2) is 9.97 Å². The number of fused-ring (bicyclic) bond motifs is 1. The number of rotatable bonds is 6. The van der Waals surface area contributed by atoms with E-state index in [1.54, 1.807) is 18.2 Å². The number of aromatic nitrogens is 3. The summed E-state index contributed by atoms with van der Waals surface area (Å²) in [5.41, 5.74) is 18.0. The third-order valence-corrected chi connectivity index (χ3v) is 8.78. The van der Waals surface area contributed by atoms with Crippen LogP contribution >= 0.6 is 0 Å². The van der Waals surface area contributed by atoms with Crippen molar-refractivity contribution < 1.29 is 5.11 Å². The lowest BCUT2D eigenvalue weighted by Crippen LogP contribution is -2.47. The second-order valence-corrected chi connectivity index (χ2v) is 11.3. The topological polar surface area (TPSA) is 136 Å². The minimum absolute atomic E-state index is 0.00676. The standard InChI is InChI=1S/C30H41N9O/c1-20-28-24(16-25(31)23-4-2-3-5-27(23)40)29(32)36-26(28)8-13-39(20)30-34-17-22(18-35-30)38-11-6-21(7-12-38)19-37-14-9-33-10-15-37/h2-5,16-18,20-21,33,36,40H,6-15,19,31-32H2,1H3/b25-16-. The molecule has 0 saturated carbocycles. The van der Waals surface area contributed by atoms with Gasteiger partial charge in [-0.15, -0.1) is 0 Å². The third-order valence-electron chi connectivity index (χ3n) is 8.78. The maximum absolute atomic E-state index is 10.3. The van der Waals surface area contributed by atoms with E-state index in [0.29, 0.717) is 17.1 Å². The zero-order chi connectivity index (χ0) is 27.6. The van der Waals surface area contributed by atoms with Crippen molar-refractivity contribution in [1.29, 1.82) is 0 Å². The van der Waals surface area contributed by atoms with Crippen LogP contribution in [0, 0.1) is 5.92 Å². The summed E-state index contributed by atoms with van der Waals surface area (Å²) < 4.78 is 0. The molecule has 212 valence electrons. The fourth-order valence-electron chi connectivity index (χ4n) is 6.50.